The highest BCUT2D eigenvalue weighted by Gasteiger charge is 2.38. The number of rotatable bonds is 6. The molecule has 0 aliphatic heterocycles. The zero-order valence-electron chi connectivity index (χ0n) is 28.3. The molecule has 1 nitrogen and oxygen atoms in total. The normalized spacial score (nSPS) is 12.8. The molecule has 238 valence electrons. The molecule has 0 N–H and O–H groups in total. The average molecular weight is 640 g/mol. The Bertz CT molecular complexity index is 2460. The maximum atomic E-state index is 2.44. The number of nitrogens with zero attached hydrogens (tertiary/aromatic N) is 1. The zero-order chi connectivity index (χ0) is 33.7. The number of anilines is 3. The minimum Gasteiger partial charge on any atom is -0.310 e. The lowest BCUT2D eigenvalue weighted by molar-refractivity contribution is 0.666. The van der Waals surface area contributed by atoms with E-state index >= 15 is 0 Å². The van der Waals surface area contributed by atoms with Crippen molar-refractivity contribution in [3.05, 3.63) is 199 Å². The van der Waals surface area contributed by atoms with Crippen molar-refractivity contribution in [1.82, 2.24) is 0 Å². The van der Waals surface area contributed by atoms with Crippen LogP contribution in [-0.2, 0) is 5.41 Å². The van der Waals surface area contributed by atoms with Crippen LogP contribution in [0.15, 0.2) is 188 Å². The van der Waals surface area contributed by atoms with Gasteiger partial charge in [-0.15, -0.1) is 0 Å². The van der Waals surface area contributed by atoms with Gasteiger partial charge in [0.2, 0.25) is 0 Å². The molecule has 50 heavy (non-hydrogen) atoms. The first-order chi connectivity index (χ1) is 24.6. The molecule has 0 saturated carbocycles. The monoisotopic (exact) mass is 639 g/mol. The first kappa shape index (κ1) is 29.9. The van der Waals surface area contributed by atoms with E-state index in [9.17, 15) is 0 Å². The van der Waals surface area contributed by atoms with Crippen molar-refractivity contribution in [3.63, 3.8) is 0 Å². The Balaban J connectivity index is 1.15. The SMILES string of the molecule is CC1(C)c2ccc(N(c3ccccc3)c3ccc(-c4ccc(-c5ccccc5)cc4)cc3)cc2-c2cc(-c3ccccc3)c3ccccc3c21. The van der Waals surface area contributed by atoms with Crippen LogP contribution < -0.4 is 4.90 Å². The fraction of sp³-hybridized carbons (Fsp3) is 0.0612. The van der Waals surface area contributed by atoms with Crippen LogP contribution in [0.3, 0.4) is 0 Å². The lowest BCUT2D eigenvalue weighted by atomic mass is 9.79. The van der Waals surface area contributed by atoms with E-state index in [1.54, 1.807) is 0 Å². The van der Waals surface area contributed by atoms with Crippen LogP contribution >= 0.6 is 0 Å². The molecule has 9 rings (SSSR count). The molecule has 0 saturated heterocycles. The van der Waals surface area contributed by atoms with E-state index in [0.717, 1.165) is 17.1 Å². The molecular formula is C49H37N. The zero-order valence-corrected chi connectivity index (χ0v) is 28.3. The molecule has 8 aromatic rings. The Morgan fingerprint density at radius 1 is 0.340 bits per heavy atom. The third kappa shape index (κ3) is 5.02. The summed E-state index contributed by atoms with van der Waals surface area (Å²) in [6.45, 7) is 4.76. The molecule has 0 spiro atoms. The second-order valence-electron chi connectivity index (χ2n) is 13.8. The third-order valence-electron chi connectivity index (χ3n) is 10.4. The van der Waals surface area contributed by atoms with Crippen molar-refractivity contribution in [2.24, 2.45) is 0 Å². The molecule has 1 aliphatic rings. The minimum atomic E-state index is -0.132. The van der Waals surface area contributed by atoms with E-state index in [2.05, 4.69) is 207 Å². The Hall–Kier alpha value is -6.18. The molecule has 0 radical (unpaired) electrons. The van der Waals surface area contributed by atoms with Crippen molar-refractivity contribution >= 4 is 27.8 Å². The average Bonchev–Trinajstić information content (AvgIpc) is 3.41. The smallest absolute Gasteiger partial charge is 0.0468 e. The van der Waals surface area contributed by atoms with Gasteiger partial charge < -0.3 is 4.90 Å². The van der Waals surface area contributed by atoms with E-state index < -0.39 is 0 Å². The summed E-state index contributed by atoms with van der Waals surface area (Å²) in [5, 5.41) is 2.64. The van der Waals surface area contributed by atoms with Crippen LogP contribution in [0.25, 0.3) is 55.3 Å². The van der Waals surface area contributed by atoms with E-state index in [4.69, 9.17) is 0 Å². The van der Waals surface area contributed by atoms with Gasteiger partial charge in [-0.2, -0.15) is 0 Å². The Morgan fingerprint density at radius 2 is 0.800 bits per heavy atom. The fourth-order valence-electron chi connectivity index (χ4n) is 8.00. The van der Waals surface area contributed by atoms with Crippen LogP contribution in [0.2, 0.25) is 0 Å². The standard InChI is InChI=1S/C49H37N/c1-49(2)47-31-30-41(32-45(47)46-33-44(38-16-8-4-9-17-38)42-20-12-13-21-43(42)48(46)49)50(39-18-10-5-11-19-39)40-28-26-37(27-29-40)36-24-22-35(23-25-36)34-14-6-3-7-15-34/h3-33H,1-2H3. The Labute approximate surface area is 294 Å². The second-order valence-corrected chi connectivity index (χ2v) is 13.8. The maximum absolute atomic E-state index is 2.44. The summed E-state index contributed by atoms with van der Waals surface area (Å²) in [7, 11) is 0. The largest absolute Gasteiger partial charge is 0.310 e. The van der Waals surface area contributed by atoms with Gasteiger partial charge >= 0.3 is 0 Å². The predicted octanol–water partition coefficient (Wildman–Crippen LogP) is 13.6. The van der Waals surface area contributed by atoms with Crippen molar-refractivity contribution < 1.29 is 0 Å². The van der Waals surface area contributed by atoms with Crippen molar-refractivity contribution in [2.45, 2.75) is 19.3 Å². The van der Waals surface area contributed by atoms with Gasteiger partial charge in [-0.05, 0) is 109 Å². The molecule has 0 aromatic heterocycles. The summed E-state index contributed by atoms with van der Waals surface area (Å²) in [5.74, 6) is 0. The summed E-state index contributed by atoms with van der Waals surface area (Å²) in [4.78, 5) is 2.38. The predicted molar refractivity (Wildman–Crippen MR) is 213 cm³/mol. The first-order valence-corrected chi connectivity index (χ1v) is 17.4. The molecule has 0 atom stereocenters. The van der Waals surface area contributed by atoms with Gasteiger partial charge in [0.15, 0.2) is 0 Å². The number of fused-ring (bicyclic) bond motifs is 5. The maximum Gasteiger partial charge on any atom is 0.0468 e. The van der Waals surface area contributed by atoms with Crippen LogP contribution in [0.1, 0.15) is 25.0 Å². The number of hydrogen-bond acceptors (Lipinski definition) is 1. The van der Waals surface area contributed by atoms with Gasteiger partial charge in [-0.25, -0.2) is 0 Å². The van der Waals surface area contributed by atoms with Crippen molar-refractivity contribution in [1.29, 1.82) is 0 Å². The van der Waals surface area contributed by atoms with Gasteiger partial charge in [-0.1, -0.05) is 159 Å². The minimum absolute atomic E-state index is 0.132. The quantitative estimate of drug-likeness (QED) is 0.175. The highest BCUT2D eigenvalue weighted by Crippen LogP contribution is 2.54. The summed E-state index contributed by atoms with van der Waals surface area (Å²) in [6.07, 6.45) is 0. The number of benzene rings is 8. The molecule has 0 unspecified atom stereocenters. The highest BCUT2D eigenvalue weighted by molar-refractivity contribution is 6.06. The molecule has 1 aliphatic carbocycles. The van der Waals surface area contributed by atoms with Gasteiger partial charge in [0.1, 0.15) is 0 Å². The van der Waals surface area contributed by atoms with E-state index in [-0.39, 0.29) is 5.41 Å². The molecule has 1 heteroatoms. The Kier molecular flexibility index (Phi) is 7.21. The van der Waals surface area contributed by atoms with Gasteiger partial charge in [0, 0.05) is 22.5 Å². The fourth-order valence-corrected chi connectivity index (χ4v) is 8.00. The summed E-state index contributed by atoms with van der Waals surface area (Å²) in [6, 6.07) is 68.4. The van der Waals surface area contributed by atoms with Crippen LogP contribution in [-0.4, -0.2) is 0 Å². The van der Waals surface area contributed by atoms with E-state index in [1.165, 1.54) is 66.4 Å². The highest BCUT2D eigenvalue weighted by atomic mass is 15.1. The summed E-state index contributed by atoms with van der Waals surface area (Å²) >= 11 is 0. The first-order valence-electron chi connectivity index (χ1n) is 17.4. The van der Waals surface area contributed by atoms with Crippen LogP contribution in [0, 0.1) is 0 Å². The topological polar surface area (TPSA) is 3.24 Å². The lowest BCUT2D eigenvalue weighted by Gasteiger charge is -2.27. The summed E-state index contributed by atoms with van der Waals surface area (Å²) < 4.78 is 0. The van der Waals surface area contributed by atoms with Crippen molar-refractivity contribution in [3.8, 4) is 44.5 Å². The second kappa shape index (κ2) is 12.1. The third-order valence-corrected chi connectivity index (χ3v) is 10.4. The van der Waals surface area contributed by atoms with Gasteiger partial charge in [0.05, 0.1) is 0 Å². The summed E-state index contributed by atoms with van der Waals surface area (Å²) in [5.41, 5.74) is 16.1. The molecule has 8 aromatic carbocycles. The lowest BCUT2D eigenvalue weighted by Crippen LogP contribution is -2.16. The molecule has 0 amide bonds. The Morgan fingerprint density at radius 3 is 1.42 bits per heavy atom. The molecule has 0 fully saturated rings. The van der Waals surface area contributed by atoms with E-state index in [1.807, 2.05) is 0 Å². The number of hydrogen-bond donors (Lipinski definition) is 0. The van der Waals surface area contributed by atoms with Gasteiger partial charge in [0.25, 0.3) is 0 Å². The van der Waals surface area contributed by atoms with Gasteiger partial charge in [-0.3, -0.25) is 0 Å². The molecular weight excluding hydrogens is 603 g/mol. The molecule has 0 heterocycles. The molecule has 0 bridgehead atoms. The van der Waals surface area contributed by atoms with Crippen LogP contribution in [0.5, 0.6) is 0 Å². The number of para-hydroxylation sites is 1. The van der Waals surface area contributed by atoms with Crippen LogP contribution in [0.4, 0.5) is 17.1 Å². The van der Waals surface area contributed by atoms with Crippen molar-refractivity contribution in [2.75, 3.05) is 4.90 Å². The van der Waals surface area contributed by atoms with E-state index in [0.29, 0.717) is 0 Å².